The molecule has 0 spiro atoms. The van der Waals surface area contributed by atoms with Gasteiger partial charge in [-0.25, -0.2) is 15.0 Å². The van der Waals surface area contributed by atoms with Crippen LogP contribution < -0.4 is 0 Å². The molecule has 0 fully saturated rings. The first-order chi connectivity index (χ1) is 23.8. The Hall–Kier alpha value is -6.59. The summed E-state index contributed by atoms with van der Waals surface area (Å²) in [5, 5.41) is 6.85. The fraction of sp³-hybridized carbons (Fsp3) is 0. The molecule has 224 valence electrons. The Morgan fingerprint density at radius 3 is 1.60 bits per heavy atom. The topological polar surface area (TPSA) is 56.7 Å². The molecule has 0 aliphatic rings. The van der Waals surface area contributed by atoms with Crippen LogP contribution >= 0.6 is 0 Å². The Kier molecular flexibility index (Phi) is 5.81. The van der Waals surface area contributed by atoms with Crippen LogP contribution in [0, 0.1) is 0 Å². The summed E-state index contributed by atoms with van der Waals surface area (Å²) >= 11 is 0. The van der Waals surface area contributed by atoms with Crippen LogP contribution in [0.3, 0.4) is 0 Å². The molecule has 0 unspecified atom stereocenters. The third-order valence-corrected chi connectivity index (χ3v) is 9.24. The number of hydrogen-bond acceptors (Lipinski definition) is 4. The molecule has 5 nitrogen and oxygen atoms in total. The van der Waals surface area contributed by atoms with Gasteiger partial charge in [-0.1, -0.05) is 127 Å². The highest BCUT2D eigenvalue weighted by atomic mass is 16.3. The van der Waals surface area contributed by atoms with Crippen molar-refractivity contribution in [2.24, 2.45) is 0 Å². The van der Waals surface area contributed by atoms with E-state index in [0.29, 0.717) is 17.5 Å². The zero-order chi connectivity index (χ0) is 31.6. The van der Waals surface area contributed by atoms with Crippen LogP contribution in [0.4, 0.5) is 0 Å². The molecule has 0 aliphatic heterocycles. The van der Waals surface area contributed by atoms with E-state index in [-0.39, 0.29) is 0 Å². The highest BCUT2D eigenvalue weighted by molar-refractivity contribution is 6.20. The zero-order valence-electron chi connectivity index (χ0n) is 25.7. The number of aromatic nitrogens is 4. The largest absolute Gasteiger partial charge is 0.456 e. The van der Waals surface area contributed by atoms with Gasteiger partial charge in [0.05, 0.1) is 16.7 Å². The maximum atomic E-state index is 6.62. The minimum absolute atomic E-state index is 0.576. The predicted octanol–water partition coefficient (Wildman–Crippen LogP) is 11.0. The Morgan fingerprint density at radius 2 is 0.958 bits per heavy atom. The maximum absolute atomic E-state index is 6.62. The van der Waals surface area contributed by atoms with Gasteiger partial charge in [-0.2, -0.15) is 0 Å². The van der Waals surface area contributed by atoms with E-state index in [1.165, 1.54) is 16.2 Å². The van der Waals surface area contributed by atoms with Crippen LogP contribution in [0.15, 0.2) is 162 Å². The van der Waals surface area contributed by atoms with E-state index in [1.54, 1.807) is 0 Å². The Balaban J connectivity index is 1.36. The Morgan fingerprint density at radius 1 is 0.417 bits per heavy atom. The van der Waals surface area contributed by atoms with Crippen LogP contribution in [-0.2, 0) is 0 Å². The summed E-state index contributed by atoms with van der Waals surface area (Å²) in [4.78, 5) is 15.3. The molecule has 5 heteroatoms. The van der Waals surface area contributed by atoms with E-state index >= 15 is 0 Å². The van der Waals surface area contributed by atoms with Crippen LogP contribution in [0.1, 0.15) is 0 Å². The first kappa shape index (κ1) is 26.6. The third kappa shape index (κ3) is 4.08. The molecule has 0 radical (unpaired) electrons. The lowest BCUT2D eigenvalue weighted by Crippen LogP contribution is -2.03. The molecule has 0 N–H and O–H groups in total. The van der Waals surface area contributed by atoms with Crippen molar-refractivity contribution >= 4 is 54.5 Å². The van der Waals surface area contributed by atoms with Crippen molar-refractivity contribution in [3.63, 3.8) is 0 Å². The second kappa shape index (κ2) is 10.5. The second-order valence-corrected chi connectivity index (χ2v) is 12.0. The number of furan rings is 1. The zero-order valence-corrected chi connectivity index (χ0v) is 25.7. The normalized spacial score (nSPS) is 11.8. The van der Waals surface area contributed by atoms with Gasteiger partial charge in [0.1, 0.15) is 11.2 Å². The monoisotopic (exact) mass is 614 g/mol. The third-order valence-electron chi connectivity index (χ3n) is 9.24. The summed E-state index contributed by atoms with van der Waals surface area (Å²) in [6.07, 6.45) is 0. The maximum Gasteiger partial charge on any atom is 0.166 e. The van der Waals surface area contributed by atoms with Gasteiger partial charge in [-0.05, 0) is 41.1 Å². The number of benzene rings is 7. The van der Waals surface area contributed by atoms with Gasteiger partial charge in [-0.15, -0.1) is 0 Å². The summed E-state index contributed by atoms with van der Waals surface area (Å²) in [5.74, 6) is 1.80. The van der Waals surface area contributed by atoms with Gasteiger partial charge in [0.25, 0.3) is 0 Å². The van der Waals surface area contributed by atoms with E-state index in [0.717, 1.165) is 60.7 Å². The molecule has 0 amide bonds. The molecular formula is C43H26N4O. The van der Waals surface area contributed by atoms with Gasteiger partial charge in [0.2, 0.25) is 0 Å². The van der Waals surface area contributed by atoms with E-state index in [1.807, 2.05) is 60.7 Å². The summed E-state index contributed by atoms with van der Waals surface area (Å²) < 4.78 is 8.96. The average Bonchev–Trinajstić information content (AvgIpc) is 3.70. The van der Waals surface area contributed by atoms with Gasteiger partial charge in [-0.3, -0.25) is 0 Å². The summed E-state index contributed by atoms with van der Waals surface area (Å²) in [6, 6.07) is 54.4. The van der Waals surface area contributed by atoms with E-state index in [9.17, 15) is 0 Å². The second-order valence-electron chi connectivity index (χ2n) is 12.0. The fourth-order valence-electron chi connectivity index (χ4n) is 7.06. The van der Waals surface area contributed by atoms with Gasteiger partial charge in [0.15, 0.2) is 17.5 Å². The highest BCUT2D eigenvalue weighted by Crippen LogP contribution is 2.42. The summed E-state index contributed by atoms with van der Waals surface area (Å²) in [6.45, 7) is 0. The molecule has 0 saturated carbocycles. The molecule has 48 heavy (non-hydrogen) atoms. The van der Waals surface area contributed by atoms with Crippen molar-refractivity contribution in [2.75, 3.05) is 0 Å². The van der Waals surface area contributed by atoms with E-state index < -0.39 is 0 Å². The van der Waals surface area contributed by atoms with Crippen molar-refractivity contribution < 1.29 is 4.42 Å². The van der Waals surface area contributed by atoms with Crippen molar-refractivity contribution in [1.82, 2.24) is 19.5 Å². The summed E-state index contributed by atoms with van der Waals surface area (Å²) in [7, 11) is 0. The molecule has 7 aromatic carbocycles. The van der Waals surface area contributed by atoms with Crippen molar-refractivity contribution in [3.05, 3.63) is 158 Å². The fourth-order valence-corrected chi connectivity index (χ4v) is 7.06. The molecule has 10 rings (SSSR count). The number of fused-ring (bicyclic) bond motifs is 8. The van der Waals surface area contributed by atoms with E-state index in [4.69, 9.17) is 19.4 Å². The lowest BCUT2D eigenvalue weighted by atomic mass is 10.0. The Bertz CT molecular complexity index is 2720. The lowest BCUT2D eigenvalue weighted by Gasteiger charge is -2.15. The molecular weight excluding hydrogens is 589 g/mol. The number of hydrogen-bond donors (Lipinski definition) is 0. The highest BCUT2D eigenvalue weighted by Gasteiger charge is 2.22. The number of para-hydroxylation sites is 2. The first-order valence-corrected chi connectivity index (χ1v) is 16.0. The average molecular weight is 615 g/mol. The molecule has 0 aliphatic carbocycles. The Labute approximate surface area is 275 Å². The van der Waals surface area contributed by atoms with Crippen molar-refractivity contribution in [1.29, 1.82) is 0 Å². The van der Waals surface area contributed by atoms with Crippen LogP contribution in [0.2, 0.25) is 0 Å². The van der Waals surface area contributed by atoms with Crippen molar-refractivity contribution in [2.45, 2.75) is 0 Å². The molecule has 3 aromatic heterocycles. The van der Waals surface area contributed by atoms with Crippen LogP contribution in [0.25, 0.3) is 94.4 Å². The van der Waals surface area contributed by atoms with Gasteiger partial charge >= 0.3 is 0 Å². The van der Waals surface area contributed by atoms with E-state index in [2.05, 4.69) is 102 Å². The standard InChI is InChI=1S/C43H26N4O/c1-3-14-28(15-4-1)41-44-42(29-16-5-2-6-17-29)46-43(45-41)33-26-39-34(40-30-18-8-7-13-27(30)23-24-38(40)48-39)25-37(33)47-35-21-11-9-19-31(35)32-20-10-12-22-36(32)47/h1-26H. The molecule has 3 heterocycles. The summed E-state index contributed by atoms with van der Waals surface area (Å²) in [5.41, 5.74) is 7.52. The van der Waals surface area contributed by atoms with Crippen molar-refractivity contribution in [3.8, 4) is 39.9 Å². The van der Waals surface area contributed by atoms with Crippen LogP contribution in [0.5, 0.6) is 0 Å². The van der Waals surface area contributed by atoms with Gasteiger partial charge < -0.3 is 8.98 Å². The first-order valence-electron chi connectivity index (χ1n) is 16.0. The molecule has 0 atom stereocenters. The van der Waals surface area contributed by atoms with Crippen LogP contribution in [-0.4, -0.2) is 19.5 Å². The lowest BCUT2D eigenvalue weighted by molar-refractivity contribution is 0.669. The molecule has 0 bridgehead atoms. The van der Waals surface area contributed by atoms with Gasteiger partial charge in [0, 0.05) is 38.2 Å². The smallest absolute Gasteiger partial charge is 0.166 e. The minimum atomic E-state index is 0.576. The number of rotatable bonds is 4. The molecule has 0 saturated heterocycles. The number of nitrogens with zero attached hydrogens (tertiary/aromatic N) is 4. The SMILES string of the molecule is c1ccc(-c2nc(-c3ccccc3)nc(-c3cc4oc5ccc6ccccc6c5c4cc3-n3c4ccccc4c4ccccc43)n2)cc1. The molecule has 10 aromatic rings. The minimum Gasteiger partial charge on any atom is -0.456 e. The quantitative estimate of drug-likeness (QED) is 0.198. The predicted molar refractivity (Wildman–Crippen MR) is 195 cm³/mol.